The van der Waals surface area contributed by atoms with Crippen LogP contribution < -0.4 is 5.32 Å². The smallest absolute Gasteiger partial charge is 0.222 e. The molecule has 0 aliphatic heterocycles. The summed E-state index contributed by atoms with van der Waals surface area (Å²) in [6, 6.07) is 0. The minimum absolute atomic E-state index is 0.174. The van der Waals surface area contributed by atoms with E-state index in [0.29, 0.717) is 24.3 Å². The average Bonchev–Trinajstić information content (AvgIpc) is 2.15. The lowest BCUT2D eigenvalue weighted by molar-refractivity contribution is -0.256. The molecule has 17 heavy (non-hydrogen) atoms. The molecule has 0 spiro atoms. The van der Waals surface area contributed by atoms with Gasteiger partial charge in [-0.05, 0) is 37.1 Å². The Labute approximate surface area is 106 Å². The third-order valence-electron chi connectivity index (χ3n) is 3.85. The first-order valence-corrected chi connectivity index (χ1v) is 7.01. The Morgan fingerprint density at radius 1 is 1.41 bits per heavy atom. The number of hydrogen-bond donors (Lipinski definition) is 2. The van der Waals surface area contributed by atoms with Gasteiger partial charge in [0.1, 0.15) is 0 Å². The van der Waals surface area contributed by atoms with Crippen LogP contribution in [0.3, 0.4) is 0 Å². The van der Waals surface area contributed by atoms with Crippen LogP contribution in [0.1, 0.15) is 53.9 Å². The van der Waals surface area contributed by atoms with Crippen LogP contribution in [-0.4, -0.2) is 23.7 Å². The van der Waals surface area contributed by atoms with Crippen molar-refractivity contribution >= 4 is 0 Å². The van der Waals surface area contributed by atoms with E-state index in [1.54, 1.807) is 6.92 Å². The number of rotatable bonds is 5. The number of nitrogens with one attached hydrogen (secondary N) is 1. The zero-order valence-corrected chi connectivity index (χ0v) is 12.0. The molecule has 3 heteroatoms. The molecule has 0 bridgehead atoms. The molecule has 3 nitrogen and oxygen atoms in total. The summed E-state index contributed by atoms with van der Waals surface area (Å²) in [5.41, 5.74) is 0. The van der Waals surface area contributed by atoms with Gasteiger partial charge in [-0.15, -0.1) is 0 Å². The first kappa shape index (κ1) is 14.9. The van der Waals surface area contributed by atoms with Crippen LogP contribution >= 0.6 is 0 Å². The molecule has 0 heterocycles. The normalized spacial score (nSPS) is 33.7. The summed E-state index contributed by atoms with van der Waals surface area (Å²) in [6.07, 6.45) is 3.73. The Kier molecular flexibility index (Phi) is 5.42. The number of aliphatic hydroxyl groups is 1. The molecule has 0 aromatic rings. The molecule has 1 fully saturated rings. The highest BCUT2D eigenvalue weighted by molar-refractivity contribution is 4.82. The largest absolute Gasteiger partial charge is 0.353 e. The van der Waals surface area contributed by atoms with E-state index in [-0.39, 0.29) is 6.10 Å². The van der Waals surface area contributed by atoms with Gasteiger partial charge in [0.2, 0.25) is 5.91 Å². The van der Waals surface area contributed by atoms with Gasteiger partial charge in [-0.1, -0.05) is 34.1 Å². The fourth-order valence-electron chi connectivity index (χ4n) is 2.91. The lowest BCUT2D eigenvalue weighted by Crippen LogP contribution is -2.50. The van der Waals surface area contributed by atoms with Gasteiger partial charge in [-0.25, -0.2) is 0 Å². The van der Waals surface area contributed by atoms with Crippen molar-refractivity contribution < 1.29 is 9.84 Å². The van der Waals surface area contributed by atoms with Crippen LogP contribution in [0.25, 0.3) is 0 Å². The van der Waals surface area contributed by atoms with Gasteiger partial charge in [-0.2, -0.15) is 0 Å². The summed E-state index contributed by atoms with van der Waals surface area (Å²) in [5, 5.41) is 13.1. The molecular weight excluding hydrogens is 214 g/mol. The molecule has 1 aliphatic rings. The molecule has 1 aliphatic carbocycles. The molecule has 102 valence electrons. The topological polar surface area (TPSA) is 41.5 Å². The monoisotopic (exact) mass is 243 g/mol. The maximum absolute atomic E-state index is 10.1. The minimum atomic E-state index is -1.19. The maximum Gasteiger partial charge on any atom is 0.222 e. The summed E-state index contributed by atoms with van der Waals surface area (Å²) in [7, 11) is 0. The standard InChI is InChI=1S/C14H29NO2/c1-6-15-14(5,16)17-13-9-11(4)7-8-12(13)10(2)3/h10-13,15-16H,6-9H2,1-5H3/t11-,12-,13?,14-/m0/s1. The second kappa shape index (κ2) is 6.17. The quantitative estimate of drug-likeness (QED) is 0.730. The molecular formula is C14H29NO2. The molecule has 0 saturated heterocycles. The average molecular weight is 243 g/mol. The molecule has 1 rings (SSSR count). The van der Waals surface area contributed by atoms with Crippen LogP contribution in [0.15, 0.2) is 0 Å². The SMILES string of the molecule is CCN[C@@](C)(O)OC1C[C@@H](C)CC[C@H]1C(C)C. The van der Waals surface area contributed by atoms with Crippen molar-refractivity contribution in [2.75, 3.05) is 6.54 Å². The third-order valence-corrected chi connectivity index (χ3v) is 3.85. The summed E-state index contributed by atoms with van der Waals surface area (Å²) in [6.45, 7) is 11.2. The van der Waals surface area contributed by atoms with E-state index in [0.717, 1.165) is 6.42 Å². The minimum Gasteiger partial charge on any atom is -0.353 e. The van der Waals surface area contributed by atoms with Crippen molar-refractivity contribution in [2.24, 2.45) is 17.8 Å². The second-order valence-corrected chi connectivity index (χ2v) is 6.00. The molecule has 0 aromatic heterocycles. The molecule has 0 amide bonds. The van der Waals surface area contributed by atoms with E-state index in [4.69, 9.17) is 4.74 Å². The van der Waals surface area contributed by atoms with Crippen LogP contribution in [-0.2, 0) is 4.74 Å². The zero-order valence-electron chi connectivity index (χ0n) is 12.0. The van der Waals surface area contributed by atoms with E-state index in [1.807, 2.05) is 6.92 Å². The number of hydrogen-bond acceptors (Lipinski definition) is 3. The van der Waals surface area contributed by atoms with Crippen molar-refractivity contribution in [1.82, 2.24) is 5.32 Å². The van der Waals surface area contributed by atoms with E-state index < -0.39 is 5.91 Å². The Morgan fingerprint density at radius 2 is 2.06 bits per heavy atom. The maximum atomic E-state index is 10.1. The van der Waals surface area contributed by atoms with Crippen LogP contribution in [0, 0.1) is 17.8 Å². The highest BCUT2D eigenvalue weighted by Gasteiger charge is 2.35. The van der Waals surface area contributed by atoms with Gasteiger partial charge in [-0.3, -0.25) is 5.32 Å². The fraction of sp³-hybridized carbons (Fsp3) is 1.00. The Bertz CT molecular complexity index is 228. The van der Waals surface area contributed by atoms with Crippen LogP contribution in [0.5, 0.6) is 0 Å². The van der Waals surface area contributed by atoms with Crippen molar-refractivity contribution in [3.63, 3.8) is 0 Å². The van der Waals surface area contributed by atoms with Gasteiger partial charge in [0.25, 0.3) is 0 Å². The predicted octanol–water partition coefficient (Wildman–Crippen LogP) is 2.74. The zero-order chi connectivity index (χ0) is 13.1. The lowest BCUT2D eigenvalue weighted by atomic mass is 9.75. The van der Waals surface area contributed by atoms with Crippen molar-refractivity contribution in [3.8, 4) is 0 Å². The van der Waals surface area contributed by atoms with Gasteiger partial charge in [0, 0.05) is 6.92 Å². The highest BCUT2D eigenvalue weighted by Crippen LogP contribution is 2.36. The molecule has 1 unspecified atom stereocenters. The van der Waals surface area contributed by atoms with E-state index >= 15 is 0 Å². The van der Waals surface area contributed by atoms with Gasteiger partial charge < -0.3 is 9.84 Å². The summed E-state index contributed by atoms with van der Waals surface area (Å²) in [5.74, 6) is 0.692. The fourth-order valence-corrected chi connectivity index (χ4v) is 2.91. The summed E-state index contributed by atoms with van der Waals surface area (Å²) in [4.78, 5) is 0. The lowest BCUT2D eigenvalue weighted by Gasteiger charge is -2.40. The van der Waals surface area contributed by atoms with Gasteiger partial charge in [0.05, 0.1) is 6.10 Å². The van der Waals surface area contributed by atoms with Crippen molar-refractivity contribution in [3.05, 3.63) is 0 Å². The first-order valence-electron chi connectivity index (χ1n) is 7.01. The Morgan fingerprint density at radius 3 is 2.59 bits per heavy atom. The summed E-state index contributed by atoms with van der Waals surface area (Å²) < 4.78 is 5.91. The van der Waals surface area contributed by atoms with E-state index in [9.17, 15) is 5.11 Å². The van der Waals surface area contributed by atoms with Crippen molar-refractivity contribution in [2.45, 2.75) is 65.9 Å². The second-order valence-electron chi connectivity index (χ2n) is 6.00. The molecule has 4 atom stereocenters. The molecule has 2 N–H and O–H groups in total. The summed E-state index contributed by atoms with van der Waals surface area (Å²) >= 11 is 0. The Balaban J connectivity index is 2.63. The van der Waals surface area contributed by atoms with E-state index in [2.05, 4.69) is 26.1 Å². The van der Waals surface area contributed by atoms with Crippen molar-refractivity contribution in [1.29, 1.82) is 0 Å². The third kappa shape index (κ3) is 4.57. The highest BCUT2D eigenvalue weighted by atomic mass is 16.6. The molecule has 0 radical (unpaired) electrons. The van der Waals surface area contributed by atoms with Gasteiger partial charge in [0.15, 0.2) is 0 Å². The molecule has 1 saturated carbocycles. The van der Waals surface area contributed by atoms with E-state index in [1.165, 1.54) is 12.8 Å². The van der Waals surface area contributed by atoms with Crippen LogP contribution in [0.4, 0.5) is 0 Å². The Hall–Kier alpha value is -0.120. The molecule has 0 aromatic carbocycles. The first-order chi connectivity index (χ1) is 7.85. The van der Waals surface area contributed by atoms with Gasteiger partial charge >= 0.3 is 0 Å². The number of ether oxygens (including phenoxy) is 1. The van der Waals surface area contributed by atoms with Crippen LogP contribution in [0.2, 0.25) is 0 Å². The predicted molar refractivity (Wildman–Crippen MR) is 70.5 cm³/mol.